The third-order valence-electron chi connectivity index (χ3n) is 3.95. The fourth-order valence-corrected chi connectivity index (χ4v) is 2.74. The second-order valence-corrected chi connectivity index (χ2v) is 5.77. The highest BCUT2D eigenvalue weighted by Crippen LogP contribution is 2.31. The summed E-state index contributed by atoms with van der Waals surface area (Å²) in [6.07, 6.45) is 0. The van der Waals surface area contributed by atoms with E-state index in [4.69, 9.17) is 4.74 Å². The molecule has 0 atom stereocenters. The number of nitrogens with one attached hydrogen (secondary N) is 1. The molecule has 0 spiro atoms. The highest BCUT2D eigenvalue weighted by Gasteiger charge is 2.31. The fourth-order valence-electron chi connectivity index (χ4n) is 2.74. The quantitative estimate of drug-likeness (QED) is 0.441. The molecule has 0 bridgehead atoms. The van der Waals surface area contributed by atoms with Crippen LogP contribution < -0.4 is 5.32 Å². The monoisotopic (exact) mass is 335 g/mol. The van der Waals surface area contributed by atoms with Crippen LogP contribution in [-0.2, 0) is 9.53 Å². The summed E-state index contributed by atoms with van der Waals surface area (Å²) in [5.41, 5.74) is 2.45. The summed E-state index contributed by atoms with van der Waals surface area (Å²) >= 11 is 0. The van der Waals surface area contributed by atoms with E-state index in [0.29, 0.717) is 40.1 Å². The minimum Gasteiger partial charge on any atom is -0.460 e. The first-order valence-corrected chi connectivity index (χ1v) is 7.88. The van der Waals surface area contributed by atoms with Gasteiger partial charge in [0.2, 0.25) is 0 Å². The molecule has 0 aromatic heterocycles. The van der Waals surface area contributed by atoms with Gasteiger partial charge in [0.25, 0.3) is 0 Å². The molecule has 0 amide bonds. The summed E-state index contributed by atoms with van der Waals surface area (Å²) in [7, 11) is 0. The van der Waals surface area contributed by atoms with Crippen molar-refractivity contribution >= 4 is 23.2 Å². The molecule has 0 heterocycles. The fraction of sp³-hybridized carbons (Fsp3) is 0.150. The molecular weight excluding hydrogens is 318 g/mol. The zero-order valence-electron chi connectivity index (χ0n) is 13.8. The molecule has 0 aliphatic heterocycles. The smallest absolute Gasteiger partial charge is 0.333 e. The van der Waals surface area contributed by atoms with E-state index in [1.54, 1.807) is 49.4 Å². The molecular formula is C20H17NO4. The van der Waals surface area contributed by atoms with Crippen molar-refractivity contribution in [2.75, 3.05) is 18.5 Å². The van der Waals surface area contributed by atoms with Crippen LogP contribution in [0, 0.1) is 0 Å². The number of anilines is 1. The second-order valence-electron chi connectivity index (χ2n) is 5.77. The predicted molar refractivity (Wildman–Crippen MR) is 94.0 cm³/mol. The van der Waals surface area contributed by atoms with E-state index in [1.165, 1.54) is 0 Å². The van der Waals surface area contributed by atoms with Crippen molar-refractivity contribution in [1.82, 2.24) is 0 Å². The molecule has 1 N–H and O–H groups in total. The van der Waals surface area contributed by atoms with Crippen molar-refractivity contribution in [2.24, 2.45) is 0 Å². The Kier molecular flexibility index (Phi) is 4.48. The summed E-state index contributed by atoms with van der Waals surface area (Å²) in [5, 5.41) is 3.07. The number of hydrogen-bond donors (Lipinski definition) is 1. The zero-order chi connectivity index (χ0) is 18.0. The molecule has 1 aliphatic rings. The Morgan fingerprint density at radius 2 is 1.64 bits per heavy atom. The largest absolute Gasteiger partial charge is 0.460 e. The molecule has 25 heavy (non-hydrogen) atoms. The minimum absolute atomic E-state index is 0.133. The van der Waals surface area contributed by atoms with Gasteiger partial charge in [-0.15, -0.1) is 0 Å². The number of ketones is 2. The lowest BCUT2D eigenvalue weighted by molar-refractivity contribution is -0.138. The standard InChI is InChI=1S/C20H17NO4/c1-12(2)20(24)25-11-10-21-16-9-5-8-15-17(16)19(23)14-7-4-3-6-13(14)18(15)22/h3-9,21H,1,10-11H2,2H3. The Bertz CT molecular complexity index is 898. The van der Waals surface area contributed by atoms with E-state index >= 15 is 0 Å². The molecule has 2 aromatic rings. The first-order chi connectivity index (χ1) is 12.0. The second kappa shape index (κ2) is 6.73. The topological polar surface area (TPSA) is 72.5 Å². The van der Waals surface area contributed by atoms with E-state index in [9.17, 15) is 14.4 Å². The lowest BCUT2D eigenvalue weighted by Gasteiger charge is -2.20. The number of rotatable bonds is 5. The van der Waals surface area contributed by atoms with Crippen LogP contribution in [0.1, 0.15) is 38.8 Å². The van der Waals surface area contributed by atoms with E-state index in [0.717, 1.165) is 0 Å². The highest BCUT2D eigenvalue weighted by atomic mass is 16.5. The molecule has 0 radical (unpaired) electrons. The first kappa shape index (κ1) is 16.6. The molecule has 5 heteroatoms. The van der Waals surface area contributed by atoms with Gasteiger partial charge in [0.15, 0.2) is 11.6 Å². The van der Waals surface area contributed by atoms with Crippen LogP contribution in [-0.4, -0.2) is 30.7 Å². The van der Waals surface area contributed by atoms with Crippen LogP contribution in [0.5, 0.6) is 0 Å². The molecule has 2 aromatic carbocycles. The molecule has 0 saturated heterocycles. The Morgan fingerprint density at radius 1 is 1.00 bits per heavy atom. The normalized spacial score (nSPS) is 12.2. The number of fused-ring (bicyclic) bond motifs is 2. The summed E-state index contributed by atoms with van der Waals surface area (Å²) in [6.45, 7) is 5.54. The van der Waals surface area contributed by atoms with Crippen molar-refractivity contribution in [1.29, 1.82) is 0 Å². The number of benzene rings is 2. The number of hydrogen-bond acceptors (Lipinski definition) is 5. The number of carbonyl (C=O) groups is 3. The summed E-state index contributed by atoms with van der Waals surface area (Å²) in [6, 6.07) is 11.9. The Morgan fingerprint density at radius 3 is 2.32 bits per heavy atom. The Labute approximate surface area is 145 Å². The van der Waals surface area contributed by atoms with Crippen molar-refractivity contribution in [3.05, 3.63) is 76.9 Å². The summed E-state index contributed by atoms with van der Waals surface area (Å²) < 4.78 is 5.02. The Balaban J connectivity index is 1.82. The third-order valence-corrected chi connectivity index (χ3v) is 3.95. The van der Waals surface area contributed by atoms with Gasteiger partial charge in [-0.1, -0.05) is 43.0 Å². The molecule has 1 aliphatic carbocycles. The van der Waals surface area contributed by atoms with E-state index < -0.39 is 5.97 Å². The van der Waals surface area contributed by atoms with E-state index in [-0.39, 0.29) is 18.2 Å². The molecule has 3 rings (SSSR count). The van der Waals surface area contributed by atoms with Crippen molar-refractivity contribution < 1.29 is 19.1 Å². The van der Waals surface area contributed by atoms with Crippen LogP contribution in [0.15, 0.2) is 54.6 Å². The van der Waals surface area contributed by atoms with Gasteiger partial charge in [0.1, 0.15) is 6.61 Å². The molecule has 5 nitrogen and oxygen atoms in total. The minimum atomic E-state index is -0.461. The van der Waals surface area contributed by atoms with Gasteiger partial charge < -0.3 is 10.1 Å². The van der Waals surface area contributed by atoms with Crippen LogP contribution in [0.4, 0.5) is 5.69 Å². The summed E-state index contributed by atoms with van der Waals surface area (Å²) in [5.74, 6) is -0.813. The van der Waals surface area contributed by atoms with Gasteiger partial charge >= 0.3 is 5.97 Å². The van der Waals surface area contributed by atoms with Crippen molar-refractivity contribution in [2.45, 2.75) is 6.92 Å². The maximum atomic E-state index is 12.8. The van der Waals surface area contributed by atoms with Gasteiger partial charge in [-0.25, -0.2) is 4.79 Å². The van der Waals surface area contributed by atoms with Gasteiger partial charge in [-0.2, -0.15) is 0 Å². The van der Waals surface area contributed by atoms with Gasteiger partial charge in [-0.3, -0.25) is 9.59 Å². The van der Waals surface area contributed by atoms with E-state index in [2.05, 4.69) is 11.9 Å². The van der Waals surface area contributed by atoms with E-state index in [1.807, 2.05) is 0 Å². The third kappa shape index (κ3) is 3.08. The number of ether oxygens (including phenoxy) is 1. The lowest BCUT2D eigenvalue weighted by atomic mass is 9.83. The van der Waals surface area contributed by atoms with Gasteiger partial charge in [-0.05, 0) is 13.0 Å². The molecule has 126 valence electrons. The number of esters is 1. The lowest BCUT2D eigenvalue weighted by Crippen LogP contribution is -2.23. The summed E-state index contributed by atoms with van der Waals surface area (Å²) in [4.78, 5) is 36.8. The maximum Gasteiger partial charge on any atom is 0.333 e. The van der Waals surface area contributed by atoms with Crippen LogP contribution in [0.2, 0.25) is 0 Å². The first-order valence-electron chi connectivity index (χ1n) is 7.88. The van der Waals surface area contributed by atoms with Gasteiger partial charge in [0, 0.05) is 34.5 Å². The molecule has 0 saturated carbocycles. The van der Waals surface area contributed by atoms with Crippen molar-refractivity contribution in [3.63, 3.8) is 0 Å². The highest BCUT2D eigenvalue weighted by molar-refractivity contribution is 6.30. The maximum absolute atomic E-state index is 12.8. The molecule has 0 fully saturated rings. The van der Waals surface area contributed by atoms with Gasteiger partial charge in [0.05, 0.1) is 5.56 Å². The Hall–Kier alpha value is -3.21. The van der Waals surface area contributed by atoms with Crippen LogP contribution in [0.25, 0.3) is 0 Å². The SMILES string of the molecule is C=C(C)C(=O)OCCNc1cccc2c1C(=O)c1ccccc1C2=O. The average Bonchev–Trinajstić information content (AvgIpc) is 2.62. The predicted octanol–water partition coefficient (Wildman–Crippen LogP) is 2.99. The van der Waals surface area contributed by atoms with Crippen LogP contribution >= 0.6 is 0 Å². The molecule has 0 unspecified atom stereocenters. The van der Waals surface area contributed by atoms with Crippen molar-refractivity contribution in [3.8, 4) is 0 Å². The zero-order valence-corrected chi connectivity index (χ0v) is 13.8. The average molecular weight is 335 g/mol. The number of carbonyl (C=O) groups excluding carboxylic acids is 3. The van der Waals surface area contributed by atoms with Crippen LogP contribution in [0.3, 0.4) is 0 Å².